The van der Waals surface area contributed by atoms with E-state index in [1.54, 1.807) is 7.05 Å². The van der Waals surface area contributed by atoms with Crippen LogP contribution in [0.4, 0.5) is 4.79 Å². The summed E-state index contributed by atoms with van der Waals surface area (Å²) in [5, 5.41) is 2.42. The van der Waals surface area contributed by atoms with Gasteiger partial charge in [-0.1, -0.05) is 45.4 Å². The van der Waals surface area contributed by atoms with Crippen LogP contribution < -0.4 is 5.32 Å². The summed E-state index contributed by atoms with van der Waals surface area (Å²) in [4.78, 5) is 10.7. The molecule has 0 bridgehead atoms. The number of rotatable bonds is 8. The van der Waals surface area contributed by atoms with Crippen LogP contribution in [-0.4, -0.2) is 19.7 Å². The minimum absolute atomic E-state index is 0.323. The molecule has 0 aliphatic carbocycles. The topological polar surface area (TPSA) is 38.3 Å². The number of alkyl carbamates (subject to hydrolysis) is 1. The summed E-state index contributed by atoms with van der Waals surface area (Å²) in [7, 11) is 1.58. The average molecular weight is 201 g/mol. The molecule has 0 rings (SSSR count). The highest BCUT2D eigenvalue weighted by molar-refractivity contribution is 5.66. The van der Waals surface area contributed by atoms with E-state index in [0.717, 1.165) is 6.42 Å². The van der Waals surface area contributed by atoms with Gasteiger partial charge in [0.1, 0.15) is 0 Å². The lowest BCUT2D eigenvalue weighted by molar-refractivity contribution is 0.146. The summed E-state index contributed by atoms with van der Waals surface area (Å²) in [5.41, 5.74) is 0. The number of nitrogens with one attached hydrogen (secondary N) is 1. The fourth-order valence-electron chi connectivity index (χ4n) is 1.30. The largest absolute Gasteiger partial charge is 0.450 e. The Labute approximate surface area is 87.2 Å². The quantitative estimate of drug-likeness (QED) is 0.613. The average Bonchev–Trinajstić information content (AvgIpc) is 2.21. The molecule has 1 N–H and O–H groups in total. The van der Waals surface area contributed by atoms with Crippen LogP contribution in [-0.2, 0) is 4.74 Å². The molecule has 0 aliphatic heterocycles. The second-order valence-electron chi connectivity index (χ2n) is 3.51. The fraction of sp³-hybridized carbons (Fsp3) is 0.909. The van der Waals surface area contributed by atoms with Crippen LogP contribution in [0, 0.1) is 0 Å². The zero-order valence-corrected chi connectivity index (χ0v) is 9.47. The first-order chi connectivity index (χ1) is 6.81. The lowest BCUT2D eigenvalue weighted by Crippen LogP contribution is -2.19. The molecule has 3 heteroatoms. The van der Waals surface area contributed by atoms with Gasteiger partial charge in [0.15, 0.2) is 0 Å². The summed E-state index contributed by atoms with van der Waals surface area (Å²) < 4.78 is 4.87. The highest BCUT2D eigenvalue weighted by atomic mass is 16.5. The van der Waals surface area contributed by atoms with E-state index < -0.39 is 0 Å². The maximum Gasteiger partial charge on any atom is 0.406 e. The van der Waals surface area contributed by atoms with Crippen molar-refractivity contribution in [3.8, 4) is 0 Å². The summed E-state index contributed by atoms with van der Waals surface area (Å²) in [6.45, 7) is 2.77. The third kappa shape index (κ3) is 9.36. The standard InChI is InChI=1S/C11H23NO2/c1-3-4-5-6-7-8-9-10-14-11(13)12-2/h3-10H2,1-2H3,(H,12,13). The highest BCUT2D eigenvalue weighted by Gasteiger charge is 1.96. The van der Waals surface area contributed by atoms with Gasteiger partial charge in [0.25, 0.3) is 0 Å². The lowest BCUT2D eigenvalue weighted by atomic mass is 10.1. The second kappa shape index (κ2) is 10.4. The zero-order valence-electron chi connectivity index (χ0n) is 9.47. The monoisotopic (exact) mass is 201 g/mol. The van der Waals surface area contributed by atoms with Gasteiger partial charge in [-0.15, -0.1) is 0 Å². The van der Waals surface area contributed by atoms with Gasteiger partial charge in [0, 0.05) is 7.05 Å². The van der Waals surface area contributed by atoms with Crippen molar-refractivity contribution in [1.82, 2.24) is 5.32 Å². The molecule has 0 unspecified atom stereocenters. The number of hydrogen-bond donors (Lipinski definition) is 1. The van der Waals surface area contributed by atoms with Crippen LogP contribution in [0.3, 0.4) is 0 Å². The Balaban J connectivity index is 2.95. The molecular weight excluding hydrogens is 178 g/mol. The van der Waals surface area contributed by atoms with Crippen molar-refractivity contribution < 1.29 is 9.53 Å². The second-order valence-corrected chi connectivity index (χ2v) is 3.51. The first kappa shape index (κ1) is 13.3. The Morgan fingerprint density at radius 2 is 1.64 bits per heavy atom. The Morgan fingerprint density at radius 3 is 2.21 bits per heavy atom. The molecule has 0 saturated heterocycles. The third-order valence-electron chi connectivity index (χ3n) is 2.19. The molecule has 0 saturated carbocycles. The molecule has 3 nitrogen and oxygen atoms in total. The van der Waals surface area contributed by atoms with Gasteiger partial charge < -0.3 is 10.1 Å². The molecule has 0 fully saturated rings. The van der Waals surface area contributed by atoms with E-state index in [0.29, 0.717) is 6.61 Å². The number of carbonyl (C=O) groups is 1. The van der Waals surface area contributed by atoms with Gasteiger partial charge in [-0.2, -0.15) is 0 Å². The molecule has 0 atom stereocenters. The molecule has 0 aromatic heterocycles. The van der Waals surface area contributed by atoms with Crippen LogP contribution in [0.5, 0.6) is 0 Å². The van der Waals surface area contributed by atoms with Gasteiger partial charge in [-0.05, 0) is 6.42 Å². The van der Waals surface area contributed by atoms with Crippen molar-refractivity contribution in [1.29, 1.82) is 0 Å². The van der Waals surface area contributed by atoms with Crippen molar-refractivity contribution >= 4 is 6.09 Å². The predicted octanol–water partition coefficient (Wildman–Crippen LogP) is 3.09. The van der Waals surface area contributed by atoms with E-state index in [2.05, 4.69) is 12.2 Å². The summed E-state index contributed by atoms with van der Waals surface area (Å²) in [5.74, 6) is 0. The molecule has 14 heavy (non-hydrogen) atoms. The van der Waals surface area contributed by atoms with E-state index in [1.807, 2.05) is 0 Å². The lowest BCUT2D eigenvalue weighted by Gasteiger charge is -2.03. The first-order valence-corrected chi connectivity index (χ1v) is 5.65. The van der Waals surface area contributed by atoms with Crippen molar-refractivity contribution in [3.63, 3.8) is 0 Å². The maximum absolute atomic E-state index is 10.7. The van der Waals surface area contributed by atoms with Crippen LogP contribution in [0.1, 0.15) is 51.9 Å². The summed E-state index contributed by atoms with van der Waals surface area (Å²) in [6.07, 6.45) is 8.38. The van der Waals surface area contributed by atoms with E-state index in [4.69, 9.17) is 4.74 Å². The Hall–Kier alpha value is -0.730. The van der Waals surface area contributed by atoms with E-state index >= 15 is 0 Å². The molecule has 1 amide bonds. The minimum Gasteiger partial charge on any atom is -0.450 e. The predicted molar refractivity (Wildman–Crippen MR) is 58.4 cm³/mol. The molecule has 0 aromatic rings. The molecule has 0 radical (unpaired) electrons. The molecule has 0 spiro atoms. The minimum atomic E-state index is -0.323. The Morgan fingerprint density at radius 1 is 1.07 bits per heavy atom. The number of amides is 1. The molecule has 0 heterocycles. The molecular formula is C11H23NO2. The van der Waals surface area contributed by atoms with Gasteiger partial charge in [-0.25, -0.2) is 4.79 Å². The molecule has 0 aromatic carbocycles. The van der Waals surface area contributed by atoms with Crippen molar-refractivity contribution in [2.75, 3.05) is 13.7 Å². The van der Waals surface area contributed by atoms with Gasteiger partial charge in [0.2, 0.25) is 0 Å². The van der Waals surface area contributed by atoms with Crippen molar-refractivity contribution in [2.24, 2.45) is 0 Å². The van der Waals surface area contributed by atoms with Gasteiger partial charge in [0.05, 0.1) is 6.61 Å². The van der Waals surface area contributed by atoms with Crippen LogP contribution in [0.15, 0.2) is 0 Å². The fourth-order valence-corrected chi connectivity index (χ4v) is 1.30. The Bertz CT molecular complexity index is 137. The van der Waals surface area contributed by atoms with Crippen LogP contribution >= 0.6 is 0 Å². The number of ether oxygens (including phenoxy) is 1. The van der Waals surface area contributed by atoms with Crippen LogP contribution in [0.2, 0.25) is 0 Å². The van der Waals surface area contributed by atoms with Gasteiger partial charge in [-0.3, -0.25) is 0 Å². The number of carbonyl (C=O) groups excluding carboxylic acids is 1. The van der Waals surface area contributed by atoms with E-state index in [9.17, 15) is 4.79 Å². The highest BCUT2D eigenvalue weighted by Crippen LogP contribution is 2.06. The Kier molecular flexibility index (Phi) is 9.81. The van der Waals surface area contributed by atoms with Crippen molar-refractivity contribution in [2.45, 2.75) is 51.9 Å². The third-order valence-corrected chi connectivity index (χ3v) is 2.19. The van der Waals surface area contributed by atoms with Crippen molar-refractivity contribution in [3.05, 3.63) is 0 Å². The SMILES string of the molecule is CCCCCCCCCOC(=O)NC. The zero-order chi connectivity index (χ0) is 10.6. The molecule has 84 valence electrons. The van der Waals surface area contributed by atoms with E-state index in [-0.39, 0.29) is 6.09 Å². The number of unbranched alkanes of at least 4 members (excludes halogenated alkanes) is 6. The maximum atomic E-state index is 10.7. The number of hydrogen-bond acceptors (Lipinski definition) is 2. The first-order valence-electron chi connectivity index (χ1n) is 5.65. The normalized spacial score (nSPS) is 9.86. The van der Waals surface area contributed by atoms with Crippen LogP contribution in [0.25, 0.3) is 0 Å². The summed E-state index contributed by atoms with van der Waals surface area (Å²) >= 11 is 0. The summed E-state index contributed by atoms with van der Waals surface area (Å²) in [6, 6.07) is 0. The molecule has 0 aliphatic rings. The van der Waals surface area contributed by atoms with Gasteiger partial charge >= 0.3 is 6.09 Å². The van der Waals surface area contributed by atoms with E-state index in [1.165, 1.54) is 38.5 Å². The smallest absolute Gasteiger partial charge is 0.406 e.